The summed E-state index contributed by atoms with van der Waals surface area (Å²) in [6, 6.07) is 2.17. The van der Waals surface area contributed by atoms with Crippen molar-refractivity contribution in [3.8, 4) is 0 Å². The first-order valence-electron chi connectivity index (χ1n) is 3.89. The Morgan fingerprint density at radius 3 is 2.56 bits per heavy atom. The maximum Gasteiger partial charge on any atom is 0.405 e. The fourth-order valence-electron chi connectivity index (χ4n) is 0.815. The van der Waals surface area contributed by atoms with E-state index in [1.807, 2.05) is 0 Å². The zero-order valence-corrected chi connectivity index (χ0v) is 8.39. The maximum atomic E-state index is 11.7. The Labute approximate surface area is 91.0 Å². The smallest absolute Gasteiger partial charge is 0.342 e. The van der Waals surface area contributed by atoms with Crippen molar-refractivity contribution < 1.29 is 22.9 Å². The van der Waals surface area contributed by atoms with Gasteiger partial charge < -0.3 is 5.32 Å². The van der Waals surface area contributed by atoms with Gasteiger partial charge in [0.15, 0.2) is 0 Å². The van der Waals surface area contributed by atoms with Crippen LogP contribution < -0.4 is 5.32 Å². The van der Waals surface area contributed by atoms with Gasteiger partial charge in [0.05, 0.1) is 9.80 Å². The maximum absolute atomic E-state index is 11.7. The third-order valence-electron chi connectivity index (χ3n) is 1.44. The molecule has 0 radical (unpaired) electrons. The van der Waals surface area contributed by atoms with Crippen LogP contribution in [0.3, 0.4) is 0 Å². The van der Waals surface area contributed by atoms with Crippen LogP contribution in [0.1, 0.15) is 9.67 Å². The summed E-state index contributed by atoms with van der Waals surface area (Å²) in [5.74, 6) is -0.976. The van der Waals surface area contributed by atoms with Crippen LogP contribution in [0, 0.1) is 10.1 Å². The fourth-order valence-corrected chi connectivity index (χ4v) is 1.55. The number of halogens is 3. The lowest BCUT2D eigenvalue weighted by molar-refractivity contribution is -0.380. The summed E-state index contributed by atoms with van der Waals surface area (Å²) >= 11 is 0.521. The van der Waals surface area contributed by atoms with Crippen LogP contribution in [0.5, 0.6) is 0 Å². The highest BCUT2D eigenvalue weighted by molar-refractivity contribution is 7.17. The largest absolute Gasteiger partial charge is 0.405 e. The molecule has 1 amide bonds. The van der Waals surface area contributed by atoms with Crippen molar-refractivity contribution in [3.05, 3.63) is 27.1 Å². The van der Waals surface area contributed by atoms with Crippen molar-refractivity contribution in [2.45, 2.75) is 6.18 Å². The molecule has 0 atom stereocenters. The number of nitro groups is 1. The van der Waals surface area contributed by atoms with E-state index in [4.69, 9.17) is 0 Å². The molecule has 1 aromatic heterocycles. The number of hydrogen-bond donors (Lipinski definition) is 1. The van der Waals surface area contributed by atoms with Crippen molar-refractivity contribution in [1.29, 1.82) is 0 Å². The van der Waals surface area contributed by atoms with Gasteiger partial charge in [0, 0.05) is 6.07 Å². The first-order chi connectivity index (χ1) is 7.29. The summed E-state index contributed by atoms with van der Waals surface area (Å²) in [4.78, 5) is 20.5. The number of amides is 1. The van der Waals surface area contributed by atoms with Crippen LogP contribution in [-0.4, -0.2) is 23.6 Å². The Hall–Kier alpha value is -1.64. The van der Waals surface area contributed by atoms with Crippen molar-refractivity contribution in [3.63, 3.8) is 0 Å². The zero-order chi connectivity index (χ0) is 12.3. The molecule has 16 heavy (non-hydrogen) atoms. The van der Waals surface area contributed by atoms with Crippen LogP contribution in [-0.2, 0) is 0 Å². The Bertz CT molecular complexity index is 415. The monoisotopic (exact) mass is 254 g/mol. The van der Waals surface area contributed by atoms with Gasteiger partial charge >= 0.3 is 11.2 Å². The van der Waals surface area contributed by atoms with Gasteiger partial charge in [-0.15, -0.1) is 0 Å². The Balaban J connectivity index is 2.63. The van der Waals surface area contributed by atoms with E-state index in [0.29, 0.717) is 11.3 Å². The molecule has 5 nitrogen and oxygen atoms in total. The lowest BCUT2D eigenvalue weighted by atomic mass is 10.4. The van der Waals surface area contributed by atoms with Crippen molar-refractivity contribution in [2.75, 3.05) is 6.54 Å². The van der Waals surface area contributed by atoms with E-state index in [2.05, 4.69) is 0 Å². The molecule has 1 heterocycles. The highest BCUT2D eigenvalue weighted by atomic mass is 32.1. The molecule has 0 aliphatic heterocycles. The number of nitrogens with zero attached hydrogens (tertiary/aromatic N) is 1. The van der Waals surface area contributed by atoms with E-state index in [-0.39, 0.29) is 9.88 Å². The molecular weight excluding hydrogens is 249 g/mol. The number of alkyl halides is 3. The van der Waals surface area contributed by atoms with Crippen LogP contribution in [0.4, 0.5) is 18.2 Å². The number of carbonyl (C=O) groups excluding carboxylic acids is 1. The summed E-state index contributed by atoms with van der Waals surface area (Å²) in [5.41, 5.74) is 0. The quantitative estimate of drug-likeness (QED) is 0.661. The van der Waals surface area contributed by atoms with Gasteiger partial charge in [-0.05, 0) is 6.07 Å². The first kappa shape index (κ1) is 12.4. The molecule has 1 rings (SSSR count). The standard InChI is InChI=1S/C7H5F3N2O3S/c8-7(9,10)3-11-6(13)4-1-2-5(16-4)12(14)15/h1-2H,3H2,(H,11,13). The summed E-state index contributed by atoms with van der Waals surface area (Å²) in [6.45, 7) is -1.46. The highest BCUT2D eigenvalue weighted by Crippen LogP contribution is 2.23. The number of hydrogen-bond acceptors (Lipinski definition) is 4. The van der Waals surface area contributed by atoms with Gasteiger partial charge in [-0.3, -0.25) is 14.9 Å². The van der Waals surface area contributed by atoms with Gasteiger partial charge in [0.2, 0.25) is 0 Å². The molecule has 0 spiro atoms. The van der Waals surface area contributed by atoms with E-state index < -0.39 is 23.6 Å². The third kappa shape index (κ3) is 3.50. The minimum Gasteiger partial charge on any atom is -0.342 e. The molecule has 0 aliphatic rings. The molecule has 0 bridgehead atoms. The number of nitrogens with one attached hydrogen (secondary N) is 1. The summed E-state index contributed by atoms with van der Waals surface area (Å²) in [5, 5.41) is 11.6. The van der Waals surface area contributed by atoms with E-state index in [9.17, 15) is 28.1 Å². The molecular formula is C7H5F3N2O3S. The van der Waals surface area contributed by atoms with Crippen LogP contribution in [0.15, 0.2) is 12.1 Å². The minimum absolute atomic E-state index is 0.129. The third-order valence-corrected chi connectivity index (χ3v) is 2.48. The first-order valence-corrected chi connectivity index (χ1v) is 4.70. The lowest BCUT2D eigenvalue weighted by Gasteiger charge is -2.06. The molecule has 9 heteroatoms. The molecule has 0 fully saturated rings. The molecule has 1 aromatic rings. The predicted octanol–water partition coefficient (Wildman–Crippen LogP) is 1.95. The highest BCUT2D eigenvalue weighted by Gasteiger charge is 2.28. The van der Waals surface area contributed by atoms with Gasteiger partial charge in [0.1, 0.15) is 6.54 Å². The van der Waals surface area contributed by atoms with Crippen molar-refractivity contribution in [1.82, 2.24) is 5.32 Å². The normalized spacial score (nSPS) is 11.2. The second kappa shape index (κ2) is 4.47. The SMILES string of the molecule is O=C(NCC(F)(F)F)c1ccc([N+](=O)[O-])s1. The van der Waals surface area contributed by atoms with Gasteiger partial charge in [0.25, 0.3) is 5.91 Å². The molecule has 88 valence electrons. The Morgan fingerprint density at radius 2 is 2.12 bits per heavy atom. The van der Waals surface area contributed by atoms with Gasteiger partial charge in [-0.1, -0.05) is 11.3 Å². The Morgan fingerprint density at radius 1 is 1.50 bits per heavy atom. The van der Waals surface area contributed by atoms with Crippen molar-refractivity contribution in [2.24, 2.45) is 0 Å². The van der Waals surface area contributed by atoms with Crippen molar-refractivity contribution >= 4 is 22.2 Å². The summed E-state index contributed by atoms with van der Waals surface area (Å²) in [7, 11) is 0. The number of carbonyl (C=O) groups is 1. The minimum atomic E-state index is -4.50. The molecule has 0 aromatic carbocycles. The predicted molar refractivity (Wildman–Crippen MR) is 49.4 cm³/mol. The number of rotatable bonds is 3. The second-order valence-electron chi connectivity index (χ2n) is 2.69. The van der Waals surface area contributed by atoms with E-state index in [1.54, 1.807) is 5.32 Å². The number of thiophene rings is 1. The molecule has 0 saturated carbocycles. The average Bonchev–Trinajstić information content (AvgIpc) is 2.61. The summed E-state index contributed by atoms with van der Waals surface area (Å²) in [6.07, 6.45) is -4.50. The lowest BCUT2D eigenvalue weighted by Crippen LogP contribution is -2.33. The van der Waals surface area contributed by atoms with E-state index >= 15 is 0 Å². The molecule has 1 N–H and O–H groups in total. The van der Waals surface area contributed by atoms with Gasteiger partial charge in [-0.25, -0.2) is 0 Å². The molecule has 0 unspecified atom stereocenters. The fraction of sp³-hybridized carbons (Fsp3) is 0.286. The summed E-state index contributed by atoms with van der Waals surface area (Å²) < 4.78 is 35.2. The molecule has 0 aliphatic carbocycles. The second-order valence-corrected chi connectivity index (χ2v) is 3.76. The Kier molecular flexibility index (Phi) is 3.48. The van der Waals surface area contributed by atoms with Crippen LogP contribution in [0.25, 0.3) is 0 Å². The van der Waals surface area contributed by atoms with Crippen LogP contribution in [0.2, 0.25) is 0 Å². The molecule has 0 saturated heterocycles. The van der Waals surface area contributed by atoms with E-state index in [1.165, 1.54) is 0 Å². The zero-order valence-electron chi connectivity index (χ0n) is 7.58. The van der Waals surface area contributed by atoms with E-state index in [0.717, 1.165) is 12.1 Å². The van der Waals surface area contributed by atoms with Gasteiger partial charge in [-0.2, -0.15) is 13.2 Å². The average molecular weight is 254 g/mol. The van der Waals surface area contributed by atoms with Crippen LogP contribution >= 0.6 is 11.3 Å². The topological polar surface area (TPSA) is 72.2 Å².